The number of thiazole rings is 1. The molecule has 4 nitrogen and oxygen atoms in total. The van der Waals surface area contributed by atoms with Crippen LogP contribution in [-0.4, -0.2) is 14.5 Å². The third-order valence-corrected chi connectivity index (χ3v) is 3.67. The van der Waals surface area contributed by atoms with Gasteiger partial charge in [0.25, 0.3) is 0 Å². The van der Waals surface area contributed by atoms with Crippen molar-refractivity contribution in [3.05, 3.63) is 34.8 Å². The van der Waals surface area contributed by atoms with Crippen molar-refractivity contribution in [3.8, 4) is 0 Å². The van der Waals surface area contributed by atoms with Gasteiger partial charge in [-0.15, -0.1) is 11.3 Å². The number of nitrogens with zero attached hydrogens (tertiary/aromatic N) is 3. The second-order valence-corrected chi connectivity index (χ2v) is 5.16. The van der Waals surface area contributed by atoms with Crippen molar-refractivity contribution in [1.29, 1.82) is 0 Å². The van der Waals surface area contributed by atoms with Gasteiger partial charge in [0.2, 0.25) is 0 Å². The van der Waals surface area contributed by atoms with Crippen molar-refractivity contribution in [2.75, 3.05) is 0 Å². The highest BCUT2D eigenvalue weighted by atomic mass is 32.1. The van der Waals surface area contributed by atoms with Crippen molar-refractivity contribution in [2.24, 2.45) is 7.05 Å². The van der Waals surface area contributed by atoms with E-state index in [4.69, 9.17) is 0 Å². The van der Waals surface area contributed by atoms with Crippen molar-refractivity contribution in [3.63, 3.8) is 0 Å². The van der Waals surface area contributed by atoms with Gasteiger partial charge >= 0.3 is 0 Å². The fraction of sp³-hybridized carbons (Fsp3) is 0.455. The molecule has 0 saturated heterocycles. The lowest BCUT2D eigenvalue weighted by Crippen LogP contribution is -2.36. The molecule has 0 spiro atoms. The molecule has 0 amide bonds. The van der Waals surface area contributed by atoms with E-state index in [0.717, 1.165) is 17.4 Å². The third kappa shape index (κ3) is 2.31. The van der Waals surface area contributed by atoms with Gasteiger partial charge in [0.1, 0.15) is 10.8 Å². The van der Waals surface area contributed by atoms with Crippen LogP contribution < -0.4 is 5.32 Å². The minimum absolute atomic E-state index is 0.111. The van der Waals surface area contributed by atoms with Crippen LogP contribution in [0.2, 0.25) is 0 Å². The number of imidazole rings is 1. The van der Waals surface area contributed by atoms with Gasteiger partial charge in [-0.05, 0) is 13.8 Å². The predicted molar refractivity (Wildman–Crippen MR) is 65.2 cm³/mol. The van der Waals surface area contributed by atoms with Crippen molar-refractivity contribution >= 4 is 11.3 Å². The number of aryl methyl sites for hydroxylation is 1. The molecule has 2 heterocycles. The van der Waals surface area contributed by atoms with Crippen LogP contribution in [0.1, 0.15) is 24.7 Å². The summed E-state index contributed by atoms with van der Waals surface area (Å²) in [4.78, 5) is 8.62. The van der Waals surface area contributed by atoms with E-state index in [0.29, 0.717) is 0 Å². The Kier molecular flexibility index (Phi) is 3.07. The normalized spacial score (nSPS) is 11.9. The Balaban J connectivity index is 2.03. The Bertz CT molecular complexity index is 444. The van der Waals surface area contributed by atoms with E-state index >= 15 is 0 Å². The Morgan fingerprint density at radius 2 is 2.19 bits per heavy atom. The Morgan fingerprint density at radius 3 is 2.75 bits per heavy atom. The third-order valence-electron chi connectivity index (χ3n) is 2.58. The zero-order valence-electron chi connectivity index (χ0n) is 9.77. The first kappa shape index (κ1) is 11.3. The standard InChI is InChI=1S/C11H16N4S/c1-11(2,10-13-5-7-16-10)14-8-9-12-4-6-15(9)3/h4-7,14H,8H2,1-3H3. The maximum atomic E-state index is 4.34. The molecular formula is C11H16N4S. The quantitative estimate of drug-likeness (QED) is 0.881. The summed E-state index contributed by atoms with van der Waals surface area (Å²) < 4.78 is 2.02. The van der Waals surface area contributed by atoms with Crippen molar-refractivity contribution in [2.45, 2.75) is 25.9 Å². The first-order valence-corrected chi connectivity index (χ1v) is 6.09. The lowest BCUT2D eigenvalue weighted by Gasteiger charge is -2.23. The second-order valence-electron chi connectivity index (χ2n) is 4.27. The van der Waals surface area contributed by atoms with E-state index in [1.807, 2.05) is 35.6 Å². The fourth-order valence-electron chi connectivity index (χ4n) is 1.47. The smallest absolute Gasteiger partial charge is 0.122 e. The number of aromatic nitrogens is 3. The van der Waals surface area contributed by atoms with Crippen molar-refractivity contribution in [1.82, 2.24) is 19.9 Å². The lowest BCUT2D eigenvalue weighted by molar-refractivity contribution is 0.391. The highest BCUT2D eigenvalue weighted by Crippen LogP contribution is 2.22. The lowest BCUT2D eigenvalue weighted by atomic mass is 10.1. The molecule has 1 N–H and O–H groups in total. The van der Waals surface area contributed by atoms with E-state index in [1.165, 1.54) is 0 Å². The second kappa shape index (κ2) is 4.35. The molecule has 0 aliphatic carbocycles. The summed E-state index contributed by atoms with van der Waals surface area (Å²) in [6.07, 6.45) is 5.60. The number of hydrogen-bond acceptors (Lipinski definition) is 4. The zero-order valence-corrected chi connectivity index (χ0v) is 10.6. The van der Waals surface area contributed by atoms with Gasteiger partial charge in [-0.3, -0.25) is 5.32 Å². The van der Waals surface area contributed by atoms with Crippen molar-refractivity contribution < 1.29 is 0 Å². The average molecular weight is 236 g/mol. The molecule has 2 aromatic rings. The van der Waals surface area contributed by atoms with Crippen LogP contribution in [0.4, 0.5) is 0 Å². The first-order chi connectivity index (χ1) is 7.59. The monoisotopic (exact) mass is 236 g/mol. The van der Waals surface area contributed by atoms with E-state index in [-0.39, 0.29) is 5.54 Å². The molecular weight excluding hydrogens is 220 g/mol. The molecule has 0 aromatic carbocycles. The summed E-state index contributed by atoms with van der Waals surface area (Å²) in [6, 6.07) is 0. The molecule has 0 aliphatic rings. The number of rotatable bonds is 4. The molecule has 2 aromatic heterocycles. The molecule has 0 unspecified atom stereocenters. The topological polar surface area (TPSA) is 42.7 Å². The number of hydrogen-bond donors (Lipinski definition) is 1. The summed E-state index contributed by atoms with van der Waals surface area (Å²) >= 11 is 1.67. The summed E-state index contributed by atoms with van der Waals surface area (Å²) in [5.74, 6) is 1.03. The predicted octanol–water partition coefficient (Wildman–Crippen LogP) is 1.90. The molecule has 0 fully saturated rings. The SMILES string of the molecule is Cn1ccnc1CNC(C)(C)c1nccs1. The minimum atomic E-state index is -0.111. The van der Waals surface area contributed by atoms with Crippen LogP contribution in [-0.2, 0) is 19.1 Å². The van der Waals surface area contributed by atoms with Crippen LogP contribution in [0.15, 0.2) is 24.0 Å². The van der Waals surface area contributed by atoms with Gasteiger partial charge in [-0.2, -0.15) is 0 Å². The highest BCUT2D eigenvalue weighted by molar-refractivity contribution is 7.09. The molecule has 2 rings (SSSR count). The van der Waals surface area contributed by atoms with Gasteiger partial charge in [-0.25, -0.2) is 9.97 Å². The molecule has 5 heteroatoms. The highest BCUT2D eigenvalue weighted by Gasteiger charge is 2.22. The maximum Gasteiger partial charge on any atom is 0.122 e. The van der Waals surface area contributed by atoms with Crippen LogP contribution in [0.3, 0.4) is 0 Å². The summed E-state index contributed by atoms with van der Waals surface area (Å²) in [5, 5.41) is 6.57. The van der Waals surface area contributed by atoms with Gasteiger partial charge in [-0.1, -0.05) is 0 Å². The Hall–Kier alpha value is -1.20. The maximum absolute atomic E-state index is 4.34. The van der Waals surface area contributed by atoms with E-state index in [1.54, 1.807) is 11.3 Å². The van der Waals surface area contributed by atoms with Gasteiger partial charge < -0.3 is 4.57 Å². The van der Waals surface area contributed by atoms with Crippen LogP contribution in [0, 0.1) is 0 Å². The van der Waals surface area contributed by atoms with Crippen LogP contribution in [0.25, 0.3) is 0 Å². The molecule has 0 bridgehead atoms. The van der Waals surface area contributed by atoms with Crippen LogP contribution in [0.5, 0.6) is 0 Å². The first-order valence-electron chi connectivity index (χ1n) is 5.21. The Labute approximate surface area is 99.4 Å². The fourth-order valence-corrected chi connectivity index (χ4v) is 2.21. The van der Waals surface area contributed by atoms with E-state index < -0.39 is 0 Å². The summed E-state index contributed by atoms with van der Waals surface area (Å²) in [6.45, 7) is 5.01. The minimum Gasteiger partial charge on any atom is -0.337 e. The molecule has 16 heavy (non-hydrogen) atoms. The Morgan fingerprint density at radius 1 is 1.38 bits per heavy atom. The molecule has 0 aliphatic heterocycles. The summed E-state index contributed by atoms with van der Waals surface area (Å²) in [7, 11) is 2.00. The molecule has 0 radical (unpaired) electrons. The van der Waals surface area contributed by atoms with Gasteiger partial charge in [0, 0.05) is 31.0 Å². The van der Waals surface area contributed by atoms with E-state index in [2.05, 4.69) is 29.1 Å². The number of nitrogens with one attached hydrogen (secondary N) is 1. The summed E-state index contributed by atoms with van der Waals surface area (Å²) in [5.41, 5.74) is -0.111. The largest absolute Gasteiger partial charge is 0.337 e. The average Bonchev–Trinajstić information content (AvgIpc) is 2.85. The van der Waals surface area contributed by atoms with Gasteiger partial charge in [0.05, 0.1) is 12.1 Å². The molecule has 0 atom stereocenters. The molecule has 86 valence electrons. The van der Waals surface area contributed by atoms with E-state index in [9.17, 15) is 0 Å². The zero-order chi connectivity index (χ0) is 11.6. The van der Waals surface area contributed by atoms with Gasteiger partial charge in [0.15, 0.2) is 0 Å². The van der Waals surface area contributed by atoms with Crippen LogP contribution >= 0.6 is 11.3 Å². The molecule has 0 saturated carbocycles.